The third kappa shape index (κ3) is 2.25. The van der Waals surface area contributed by atoms with Gasteiger partial charge in [-0.15, -0.1) is 0 Å². The van der Waals surface area contributed by atoms with Gasteiger partial charge in [0.2, 0.25) is 11.8 Å². The minimum Gasteiger partial charge on any atom is -0.491 e. The normalized spacial score (nSPS) is 24.6. The van der Waals surface area contributed by atoms with E-state index >= 15 is 0 Å². The van der Waals surface area contributed by atoms with Crippen LogP contribution in [0, 0.1) is 5.82 Å². The summed E-state index contributed by atoms with van der Waals surface area (Å²) >= 11 is 0. The number of hydrogen-bond acceptors (Lipinski definition) is 3. The number of ether oxygens (including phenoxy) is 1. The Balaban J connectivity index is 1.71. The molecule has 0 radical (unpaired) electrons. The minimum absolute atomic E-state index is 0.116. The first kappa shape index (κ1) is 12.0. The van der Waals surface area contributed by atoms with Crippen molar-refractivity contribution in [1.82, 2.24) is 10.6 Å². The van der Waals surface area contributed by atoms with E-state index < -0.39 is 6.04 Å². The zero-order valence-electron chi connectivity index (χ0n) is 10.1. The molecule has 2 unspecified atom stereocenters. The second-order valence-corrected chi connectivity index (χ2v) is 4.71. The van der Waals surface area contributed by atoms with Crippen LogP contribution in [0.15, 0.2) is 18.2 Å². The van der Waals surface area contributed by atoms with Crippen LogP contribution in [0.1, 0.15) is 24.4 Å². The van der Waals surface area contributed by atoms with Gasteiger partial charge in [0.1, 0.15) is 24.2 Å². The minimum atomic E-state index is -0.495. The van der Waals surface area contributed by atoms with Gasteiger partial charge in [-0.2, -0.15) is 0 Å². The van der Waals surface area contributed by atoms with Crippen LogP contribution in [0.4, 0.5) is 4.39 Å². The van der Waals surface area contributed by atoms with Crippen LogP contribution >= 0.6 is 0 Å². The van der Waals surface area contributed by atoms with E-state index in [4.69, 9.17) is 4.74 Å². The van der Waals surface area contributed by atoms with Crippen LogP contribution in [-0.4, -0.2) is 24.5 Å². The molecule has 2 aliphatic heterocycles. The van der Waals surface area contributed by atoms with Crippen molar-refractivity contribution in [3.8, 4) is 5.75 Å². The van der Waals surface area contributed by atoms with Crippen molar-refractivity contribution < 1.29 is 18.7 Å². The third-order valence-electron chi connectivity index (χ3n) is 3.38. The van der Waals surface area contributed by atoms with Gasteiger partial charge in [0.05, 0.1) is 6.04 Å². The number of nitrogens with one attached hydrogen (secondary N) is 2. The molecule has 1 saturated heterocycles. The lowest BCUT2D eigenvalue weighted by Gasteiger charge is -2.15. The Hall–Kier alpha value is -2.11. The molecular formula is C13H13FN2O3. The lowest BCUT2D eigenvalue weighted by molar-refractivity contribution is -0.126. The number of amides is 2. The van der Waals surface area contributed by atoms with Crippen molar-refractivity contribution in [2.75, 3.05) is 6.61 Å². The van der Waals surface area contributed by atoms with Gasteiger partial charge in [-0.25, -0.2) is 4.39 Å². The van der Waals surface area contributed by atoms with Gasteiger partial charge < -0.3 is 15.4 Å². The third-order valence-corrected chi connectivity index (χ3v) is 3.38. The molecule has 1 aromatic rings. The predicted octanol–water partition coefficient (Wildman–Crippen LogP) is 0.654. The van der Waals surface area contributed by atoms with E-state index in [1.165, 1.54) is 12.1 Å². The average molecular weight is 264 g/mol. The summed E-state index contributed by atoms with van der Waals surface area (Å²) in [7, 11) is 0. The number of rotatable bonds is 2. The van der Waals surface area contributed by atoms with E-state index in [1.54, 1.807) is 6.07 Å². The van der Waals surface area contributed by atoms with Crippen LogP contribution in [0.3, 0.4) is 0 Å². The maximum atomic E-state index is 13.2. The zero-order chi connectivity index (χ0) is 13.4. The van der Waals surface area contributed by atoms with Crippen molar-refractivity contribution in [2.24, 2.45) is 0 Å². The Morgan fingerprint density at radius 1 is 1.47 bits per heavy atom. The largest absolute Gasteiger partial charge is 0.491 e. The summed E-state index contributed by atoms with van der Waals surface area (Å²) in [5.74, 6) is -0.148. The zero-order valence-corrected chi connectivity index (χ0v) is 10.1. The van der Waals surface area contributed by atoms with Crippen molar-refractivity contribution >= 4 is 11.8 Å². The lowest BCUT2D eigenvalue weighted by Crippen LogP contribution is -2.43. The molecule has 2 aliphatic rings. The highest BCUT2D eigenvalue weighted by atomic mass is 19.1. The molecule has 2 atom stereocenters. The van der Waals surface area contributed by atoms with Crippen molar-refractivity contribution in [2.45, 2.75) is 24.9 Å². The molecular weight excluding hydrogens is 251 g/mol. The topological polar surface area (TPSA) is 67.4 Å². The first-order valence-corrected chi connectivity index (χ1v) is 6.15. The maximum absolute atomic E-state index is 13.2. The Morgan fingerprint density at radius 3 is 3.05 bits per heavy atom. The number of carbonyl (C=O) groups is 2. The molecule has 100 valence electrons. The predicted molar refractivity (Wildman–Crippen MR) is 63.9 cm³/mol. The molecule has 19 heavy (non-hydrogen) atoms. The highest BCUT2D eigenvalue weighted by molar-refractivity contribution is 5.91. The summed E-state index contributed by atoms with van der Waals surface area (Å²) in [6, 6.07) is 3.37. The molecule has 6 heteroatoms. The van der Waals surface area contributed by atoms with Gasteiger partial charge in [0, 0.05) is 12.0 Å². The second-order valence-electron chi connectivity index (χ2n) is 4.71. The molecule has 0 spiro atoms. The number of hydrogen-bond donors (Lipinski definition) is 2. The van der Waals surface area contributed by atoms with Crippen molar-refractivity contribution in [3.05, 3.63) is 29.6 Å². The number of fused-ring (bicyclic) bond motifs is 1. The van der Waals surface area contributed by atoms with Crippen molar-refractivity contribution in [3.63, 3.8) is 0 Å². The molecule has 2 heterocycles. The molecule has 5 nitrogen and oxygen atoms in total. The summed E-state index contributed by atoms with van der Waals surface area (Å²) in [4.78, 5) is 23.0. The molecule has 2 N–H and O–H groups in total. The maximum Gasteiger partial charge on any atom is 0.243 e. The second kappa shape index (κ2) is 4.53. The summed E-state index contributed by atoms with van der Waals surface area (Å²) in [5, 5.41) is 5.38. The van der Waals surface area contributed by atoms with E-state index in [0.717, 1.165) is 0 Å². The fraction of sp³-hybridized carbons (Fsp3) is 0.385. The first-order chi connectivity index (χ1) is 9.13. The molecule has 1 aromatic carbocycles. The quantitative estimate of drug-likeness (QED) is 0.824. The van der Waals surface area contributed by atoms with E-state index in [0.29, 0.717) is 24.2 Å². The van der Waals surface area contributed by atoms with E-state index in [-0.39, 0.29) is 30.3 Å². The van der Waals surface area contributed by atoms with Gasteiger partial charge in [-0.3, -0.25) is 9.59 Å². The highest BCUT2D eigenvalue weighted by Crippen LogP contribution is 2.32. The SMILES string of the molecule is O=C1CCC(C(=O)NC2COc3ccc(F)cc32)N1. The van der Waals surface area contributed by atoms with Gasteiger partial charge in [-0.05, 0) is 24.6 Å². The molecule has 0 bridgehead atoms. The fourth-order valence-corrected chi connectivity index (χ4v) is 2.39. The van der Waals surface area contributed by atoms with Gasteiger partial charge in [-0.1, -0.05) is 0 Å². The van der Waals surface area contributed by atoms with Gasteiger partial charge >= 0.3 is 0 Å². The van der Waals surface area contributed by atoms with E-state index in [9.17, 15) is 14.0 Å². The Morgan fingerprint density at radius 2 is 2.32 bits per heavy atom. The summed E-state index contributed by atoms with van der Waals surface area (Å²) < 4.78 is 18.6. The lowest BCUT2D eigenvalue weighted by atomic mass is 10.1. The van der Waals surface area contributed by atoms with Gasteiger partial charge in [0.15, 0.2) is 0 Å². The number of carbonyl (C=O) groups excluding carboxylic acids is 2. The molecule has 0 aromatic heterocycles. The molecule has 2 amide bonds. The summed E-state index contributed by atoms with van der Waals surface area (Å²) in [6.07, 6.45) is 0.860. The smallest absolute Gasteiger partial charge is 0.243 e. The van der Waals surface area contributed by atoms with Crippen LogP contribution in [0.25, 0.3) is 0 Å². The number of halogens is 1. The summed E-state index contributed by atoms with van der Waals surface area (Å²) in [5.41, 5.74) is 0.637. The van der Waals surface area contributed by atoms with Crippen LogP contribution < -0.4 is 15.4 Å². The monoisotopic (exact) mass is 264 g/mol. The van der Waals surface area contributed by atoms with Crippen LogP contribution in [-0.2, 0) is 9.59 Å². The Labute approximate surface area is 109 Å². The molecule has 0 saturated carbocycles. The van der Waals surface area contributed by atoms with Gasteiger partial charge in [0.25, 0.3) is 0 Å². The van der Waals surface area contributed by atoms with Crippen LogP contribution in [0.2, 0.25) is 0 Å². The fourth-order valence-electron chi connectivity index (χ4n) is 2.39. The highest BCUT2D eigenvalue weighted by Gasteiger charge is 2.31. The number of benzene rings is 1. The standard InChI is InChI=1S/C13H13FN2O3/c14-7-1-3-11-8(5-7)10(6-19-11)16-13(18)9-2-4-12(17)15-9/h1,3,5,9-10H,2,4,6H2,(H,15,17)(H,16,18). The van der Waals surface area contributed by atoms with Crippen molar-refractivity contribution in [1.29, 1.82) is 0 Å². The molecule has 3 rings (SSSR count). The Kier molecular flexibility index (Phi) is 2.85. The molecule has 1 fully saturated rings. The van der Waals surface area contributed by atoms with E-state index in [2.05, 4.69) is 10.6 Å². The summed E-state index contributed by atoms with van der Waals surface area (Å²) in [6.45, 7) is 0.283. The van der Waals surface area contributed by atoms with Crippen LogP contribution in [0.5, 0.6) is 5.75 Å². The average Bonchev–Trinajstić information content (AvgIpc) is 2.97. The Bertz CT molecular complexity index is 547. The first-order valence-electron chi connectivity index (χ1n) is 6.15. The van der Waals surface area contributed by atoms with E-state index in [1.807, 2.05) is 0 Å². The molecule has 0 aliphatic carbocycles.